The predicted octanol–water partition coefficient (Wildman–Crippen LogP) is 2.25. The van der Waals surface area contributed by atoms with E-state index in [0.717, 1.165) is 11.5 Å². The van der Waals surface area contributed by atoms with Crippen LogP contribution in [-0.4, -0.2) is 39.5 Å². The van der Waals surface area contributed by atoms with Crippen LogP contribution in [-0.2, 0) is 11.2 Å². The Morgan fingerprint density at radius 2 is 1.81 bits per heavy atom. The van der Waals surface area contributed by atoms with E-state index in [1.54, 1.807) is 24.3 Å². The third kappa shape index (κ3) is 5.27. The van der Waals surface area contributed by atoms with Gasteiger partial charge in [0.2, 0.25) is 5.91 Å². The van der Waals surface area contributed by atoms with Crippen molar-refractivity contribution >= 4 is 29.1 Å². The number of amides is 2. The molecule has 2 aromatic heterocycles. The Kier molecular flexibility index (Phi) is 6.38. The highest BCUT2D eigenvalue weighted by atomic mass is 35.5. The van der Waals surface area contributed by atoms with Crippen molar-refractivity contribution in [1.82, 2.24) is 25.2 Å². The van der Waals surface area contributed by atoms with Crippen LogP contribution in [0.3, 0.4) is 0 Å². The van der Waals surface area contributed by atoms with Crippen LogP contribution >= 0.6 is 11.6 Å². The van der Waals surface area contributed by atoms with Gasteiger partial charge in [-0.05, 0) is 42.8 Å². The lowest BCUT2D eigenvalue weighted by molar-refractivity contribution is -0.121. The van der Waals surface area contributed by atoms with E-state index in [4.69, 9.17) is 11.6 Å². The van der Waals surface area contributed by atoms with Crippen LogP contribution in [0.5, 0.6) is 0 Å². The van der Waals surface area contributed by atoms with E-state index >= 15 is 0 Å². The molecule has 0 unspecified atom stereocenters. The van der Waals surface area contributed by atoms with Crippen LogP contribution in [0.2, 0.25) is 5.02 Å². The zero-order chi connectivity index (χ0) is 19.1. The van der Waals surface area contributed by atoms with Gasteiger partial charge in [-0.25, -0.2) is 0 Å². The second kappa shape index (κ2) is 9.14. The van der Waals surface area contributed by atoms with Gasteiger partial charge in [-0.1, -0.05) is 17.7 Å². The number of hydrogen-bond acceptors (Lipinski definition) is 4. The quantitative estimate of drug-likeness (QED) is 0.582. The Hall–Kier alpha value is -2.93. The van der Waals surface area contributed by atoms with Crippen LogP contribution < -0.4 is 10.6 Å². The molecule has 0 aliphatic rings. The highest BCUT2D eigenvalue weighted by molar-refractivity contribution is 6.30. The lowest BCUT2D eigenvalue weighted by Crippen LogP contribution is -2.28. The molecule has 1 aromatic carbocycles. The monoisotopic (exact) mass is 385 g/mol. The van der Waals surface area contributed by atoms with Crippen molar-refractivity contribution in [2.75, 3.05) is 13.1 Å². The molecular weight excluding hydrogens is 366 g/mol. The molecule has 0 bridgehead atoms. The summed E-state index contributed by atoms with van der Waals surface area (Å²) in [6.07, 6.45) is 3.42. The Balaban J connectivity index is 1.33. The maximum atomic E-state index is 11.9. The Morgan fingerprint density at radius 1 is 1.00 bits per heavy atom. The van der Waals surface area contributed by atoms with Gasteiger partial charge in [-0.3, -0.25) is 14.0 Å². The second-order valence-electron chi connectivity index (χ2n) is 6.01. The largest absolute Gasteiger partial charge is 0.356 e. The number of pyridine rings is 1. The highest BCUT2D eigenvalue weighted by Gasteiger charge is 2.07. The summed E-state index contributed by atoms with van der Waals surface area (Å²) in [5, 5.41) is 14.4. The summed E-state index contributed by atoms with van der Waals surface area (Å²) in [6, 6.07) is 12.4. The first-order chi connectivity index (χ1) is 13.1. The normalized spacial score (nSPS) is 10.7. The molecule has 0 aliphatic heterocycles. The molecule has 0 fully saturated rings. The first-order valence-corrected chi connectivity index (χ1v) is 9.10. The van der Waals surface area contributed by atoms with Gasteiger partial charge in [0.25, 0.3) is 5.91 Å². The van der Waals surface area contributed by atoms with E-state index in [2.05, 4.69) is 20.8 Å². The summed E-state index contributed by atoms with van der Waals surface area (Å²) in [5.41, 5.74) is 1.33. The molecule has 0 aliphatic carbocycles. The summed E-state index contributed by atoms with van der Waals surface area (Å²) in [4.78, 5) is 23.8. The van der Waals surface area contributed by atoms with Crippen molar-refractivity contribution in [1.29, 1.82) is 0 Å². The maximum absolute atomic E-state index is 11.9. The Morgan fingerprint density at radius 3 is 2.63 bits per heavy atom. The highest BCUT2D eigenvalue weighted by Crippen LogP contribution is 2.09. The molecule has 2 heterocycles. The fraction of sp³-hybridized carbons (Fsp3) is 0.263. The fourth-order valence-corrected chi connectivity index (χ4v) is 2.74. The van der Waals surface area contributed by atoms with Crippen LogP contribution in [0.4, 0.5) is 0 Å². The minimum Gasteiger partial charge on any atom is -0.356 e. The van der Waals surface area contributed by atoms with Crippen molar-refractivity contribution in [2.45, 2.75) is 19.3 Å². The molecule has 0 atom stereocenters. The lowest BCUT2D eigenvalue weighted by Gasteiger charge is -2.06. The van der Waals surface area contributed by atoms with Gasteiger partial charge in [-0.15, -0.1) is 10.2 Å². The van der Waals surface area contributed by atoms with Crippen molar-refractivity contribution in [3.8, 4) is 0 Å². The fourth-order valence-electron chi connectivity index (χ4n) is 2.62. The van der Waals surface area contributed by atoms with Gasteiger partial charge in [0.1, 0.15) is 5.82 Å². The standard InChI is InChI=1S/C19H20ClN5O2/c20-15-8-6-14(7-9-15)19(27)22-11-3-5-18(26)21-12-10-17-24-23-16-4-1-2-13-25(16)17/h1-2,4,6-9,13H,3,5,10-12H2,(H,21,26)(H,22,27). The Bertz CT molecular complexity index is 923. The third-order valence-electron chi connectivity index (χ3n) is 4.03. The molecule has 0 radical (unpaired) electrons. The number of carbonyl (C=O) groups is 2. The number of nitrogens with one attached hydrogen (secondary N) is 2. The summed E-state index contributed by atoms with van der Waals surface area (Å²) in [5.74, 6) is 0.580. The van der Waals surface area contributed by atoms with Gasteiger partial charge in [0.15, 0.2) is 5.65 Å². The van der Waals surface area contributed by atoms with Crippen molar-refractivity contribution < 1.29 is 9.59 Å². The van der Waals surface area contributed by atoms with Crippen LogP contribution in [0, 0.1) is 0 Å². The van der Waals surface area contributed by atoms with Crippen LogP contribution in [0.1, 0.15) is 29.0 Å². The van der Waals surface area contributed by atoms with E-state index in [0.29, 0.717) is 42.9 Å². The molecule has 0 spiro atoms. The molecule has 2 amide bonds. The maximum Gasteiger partial charge on any atom is 0.251 e. The summed E-state index contributed by atoms with van der Waals surface area (Å²) < 4.78 is 1.90. The molecule has 27 heavy (non-hydrogen) atoms. The number of halogens is 1. The molecule has 8 heteroatoms. The number of rotatable bonds is 8. The van der Waals surface area contributed by atoms with Gasteiger partial charge >= 0.3 is 0 Å². The first-order valence-electron chi connectivity index (χ1n) is 8.72. The summed E-state index contributed by atoms with van der Waals surface area (Å²) in [7, 11) is 0. The van der Waals surface area contributed by atoms with Crippen molar-refractivity contribution in [2.24, 2.45) is 0 Å². The minimum absolute atomic E-state index is 0.0513. The van der Waals surface area contributed by atoms with E-state index in [9.17, 15) is 9.59 Å². The number of nitrogens with zero attached hydrogens (tertiary/aromatic N) is 3. The van der Waals surface area contributed by atoms with Gasteiger partial charge in [-0.2, -0.15) is 0 Å². The molecule has 2 N–H and O–H groups in total. The zero-order valence-electron chi connectivity index (χ0n) is 14.7. The molecule has 140 valence electrons. The van der Waals surface area contributed by atoms with Crippen molar-refractivity contribution in [3.05, 3.63) is 65.1 Å². The molecule has 0 saturated carbocycles. The Labute approximate surface area is 161 Å². The number of benzene rings is 1. The van der Waals surface area contributed by atoms with E-state index in [1.165, 1.54) is 0 Å². The summed E-state index contributed by atoms with van der Waals surface area (Å²) in [6.45, 7) is 0.926. The van der Waals surface area contributed by atoms with Gasteiger partial charge < -0.3 is 10.6 Å². The summed E-state index contributed by atoms with van der Waals surface area (Å²) >= 11 is 5.80. The van der Waals surface area contributed by atoms with Crippen LogP contribution in [0.25, 0.3) is 5.65 Å². The van der Waals surface area contributed by atoms with Gasteiger partial charge in [0, 0.05) is 42.7 Å². The average Bonchev–Trinajstić information content (AvgIpc) is 3.09. The molecule has 7 nitrogen and oxygen atoms in total. The number of carbonyl (C=O) groups excluding carboxylic acids is 2. The third-order valence-corrected chi connectivity index (χ3v) is 4.28. The molecular formula is C19H20ClN5O2. The minimum atomic E-state index is -0.175. The number of fused-ring (bicyclic) bond motifs is 1. The van der Waals surface area contributed by atoms with Crippen LogP contribution in [0.15, 0.2) is 48.7 Å². The van der Waals surface area contributed by atoms with E-state index < -0.39 is 0 Å². The first kappa shape index (κ1) is 18.8. The molecule has 3 aromatic rings. The van der Waals surface area contributed by atoms with Crippen molar-refractivity contribution in [3.63, 3.8) is 0 Å². The molecule has 0 saturated heterocycles. The topological polar surface area (TPSA) is 88.4 Å². The number of hydrogen-bond donors (Lipinski definition) is 2. The average molecular weight is 386 g/mol. The lowest BCUT2D eigenvalue weighted by atomic mass is 10.2. The second-order valence-corrected chi connectivity index (χ2v) is 6.45. The number of aromatic nitrogens is 3. The zero-order valence-corrected chi connectivity index (χ0v) is 15.4. The predicted molar refractivity (Wildman–Crippen MR) is 103 cm³/mol. The smallest absolute Gasteiger partial charge is 0.251 e. The molecule has 3 rings (SSSR count). The van der Waals surface area contributed by atoms with E-state index in [-0.39, 0.29) is 11.8 Å². The SMILES string of the molecule is O=C(CCCNC(=O)c1ccc(Cl)cc1)NCCc1nnc2ccccn12. The van der Waals surface area contributed by atoms with E-state index in [1.807, 2.05) is 28.8 Å². The van der Waals surface area contributed by atoms with Gasteiger partial charge in [0.05, 0.1) is 0 Å².